The molecular weight excluding hydrogens is 368 g/mol. The zero-order chi connectivity index (χ0) is 19.6. The van der Waals surface area contributed by atoms with E-state index in [1.54, 1.807) is 41.0 Å². The third kappa shape index (κ3) is 4.80. The first-order chi connectivity index (χ1) is 12.9. The number of likely N-dealkylation sites (tertiary alicyclic amines) is 1. The Bertz CT molecular complexity index is 717. The number of amides is 2. The van der Waals surface area contributed by atoms with E-state index in [1.807, 2.05) is 0 Å². The zero-order valence-electron chi connectivity index (χ0n) is 15.4. The first kappa shape index (κ1) is 19.7. The summed E-state index contributed by atoms with van der Waals surface area (Å²) in [6.07, 6.45) is 3.35. The van der Waals surface area contributed by atoms with Gasteiger partial charge in [0, 0.05) is 36.3 Å². The van der Waals surface area contributed by atoms with E-state index >= 15 is 0 Å². The van der Waals surface area contributed by atoms with E-state index in [2.05, 4.69) is 0 Å². The van der Waals surface area contributed by atoms with Gasteiger partial charge in [0.1, 0.15) is 0 Å². The number of halogens is 1. The van der Waals surface area contributed by atoms with E-state index in [-0.39, 0.29) is 30.3 Å². The molecule has 1 heterocycles. The van der Waals surface area contributed by atoms with Gasteiger partial charge in [-0.1, -0.05) is 18.5 Å². The van der Waals surface area contributed by atoms with Crippen LogP contribution in [0.2, 0.25) is 5.02 Å². The molecule has 146 valence electrons. The Morgan fingerprint density at radius 3 is 2.48 bits per heavy atom. The third-order valence-electron chi connectivity index (χ3n) is 5.31. The van der Waals surface area contributed by atoms with Crippen molar-refractivity contribution >= 4 is 29.4 Å². The summed E-state index contributed by atoms with van der Waals surface area (Å²) in [5.74, 6) is -1.86. The maximum atomic E-state index is 13.1. The molecule has 1 aliphatic heterocycles. The lowest BCUT2D eigenvalue weighted by atomic mass is 9.95. The van der Waals surface area contributed by atoms with Crippen LogP contribution in [0.5, 0.6) is 0 Å². The van der Waals surface area contributed by atoms with Crippen LogP contribution in [0.3, 0.4) is 0 Å². The predicted octanol–water partition coefficient (Wildman–Crippen LogP) is 2.90. The van der Waals surface area contributed by atoms with Crippen LogP contribution < -0.4 is 0 Å². The van der Waals surface area contributed by atoms with Gasteiger partial charge in [0.25, 0.3) is 5.91 Å². The normalized spacial score (nSPS) is 20.8. The molecule has 1 aromatic carbocycles. The summed E-state index contributed by atoms with van der Waals surface area (Å²) in [5, 5.41) is 9.76. The zero-order valence-corrected chi connectivity index (χ0v) is 16.2. The summed E-state index contributed by atoms with van der Waals surface area (Å²) >= 11 is 5.88. The third-order valence-corrected chi connectivity index (χ3v) is 5.56. The number of carbonyl (C=O) groups is 3. The quantitative estimate of drug-likeness (QED) is 0.807. The molecule has 1 saturated heterocycles. The fourth-order valence-electron chi connectivity index (χ4n) is 3.55. The van der Waals surface area contributed by atoms with Gasteiger partial charge < -0.3 is 14.9 Å². The summed E-state index contributed by atoms with van der Waals surface area (Å²) in [4.78, 5) is 40.5. The van der Waals surface area contributed by atoms with Crippen LogP contribution in [0.4, 0.5) is 0 Å². The van der Waals surface area contributed by atoms with Crippen LogP contribution in [-0.2, 0) is 9.59 Å². The molecular formula is C20H25ClN2O4. The van der Waals surface area contributed by atoms with Crippen molar-refractivity contribution < 1.29 is 19.5 Å². The number of benzene rings is 1. The fourth-order valence-corrected chi connectivity index (χ4v) is 3.68. The first-order valence-electron chi connectivity index (χ1n) is 9.45. The molecule has 2 aliphatic rings. The molecule has 3 rings (SSSR count). The van der Waals surface area contributed by atoms with E-state index in [0.717, 1.165) is 25.7 Å². The van der Waals surface area contributed by atoms with Crippen LogP contribution in [-0.4, -0.2) is 58.4 Å². The Morgan fingerprint density at radius 1 is 1.22 bits per heavy atom. The van der Waals surface area contributed by atoms with Gasteiger partial charge in [0.15, 0.2) is 0 Å². The lowest BCUT2D eigenvalue weighted by Crippen LogP contribution is -2.48. The van der Waals surface area contributed by atoms with Crippen molar-refractivity contribution in [1.29, 1.82) is 0 Å². The van der Waals surface area contributed by atoms with Crippen LogP contribution in [0.25, 0.3) is 0 Å². The smallest absolute Gasteiger partial charge is 0.308 e. The van der Waals surface area contributed by atoms with Gasteiger partial charge in [0.2, 0.25) is 5.91 Å². The molecule has 0 radical (unpaired) electrons. The number of hydrogen-bond acceptors (Lipinski definition) is 3. The molecule has 1 aliphatic carbocycles. The van der Waals surface area contributed by atoms with Gasteiger partial charge in [-0.2, -0.15) is 0 Å². The molecule has 0 aromatic heterocycles. The molecule has 0 bridgehead atoms. The van der Waals surface area contributed by atoms with Crippen LogP contribution >= 0.6 is 11.6 Å². The van der Waals surface area contributed by atoms with Crippen molar-refractivity contribution in [2.24, 2.45) is 11.8 Å². The molecule has 1 aromatic rings. The highest BCUT2D eigenvalue weighted by atomic mass is 35.5. The topological polar surface area (TPSA) is 77.9 Å². The number of rotatable bonds is 6. The number of nitrogens with zero attached hydrogens (tertiary/aromatic N) is 2. The maximum Gasteiger partial charge on any atom is 0.308 e. The molecule has 2 atom stereocenters. The van der Waals surface area contributed by atoms with Crippen molar-refractivity contribution in [1.82, 2.24) is 9.80 Å². The van der Waals surface area contributed by atoms with Gasteiger partial charge in [-0.25, -0.2) is 0 Å². The summed E-state index contributed by atoms with van der Waals surface area (Å²) in [6, 6.07) is 6.91. The van der Waals surface area contributed by atoms with Gasteiger partial charge in [-0.3, -0.25) is 14.4 Å². The number of aliphatic carboxylic acids is 1. The Hall–Kier alpha value is -2.08. The van der Waals surface area contributed by atoms with E-state index in [9.17, 15) is 19.5 Å². The van der Waals surface area contributed by atoms with Crippen molar-refractivity contribution in [2.75, 3.05) is 19.6 Å². The lowest BCUT2D eigenvalue weighted by Gasteiger charge is -2.35. The average molecular weight is 393 g/mol. The van der Waals surface area contributed by atoms with Crippen molar-refractivity contribution in [3.05, 3.63) is 34.9 Å². The largest absolute Gasteiger partial charge is 0.481 e. The Kier molecular flexibility index (Phi) is 6.05. The highest BCUT2D eigenvalue weighted by Crippen LogP contribution is 2.31. The van der Waals surface area contributed by atoms with Gasteiger partial charge in [-0.15, -0.1) is 0 Å². The van der Waals surface area contributed by atoms with Crippen molar-refractivity contribution in [3.8, 4) is 0 Å². The van der Waals surface area contributed by atoms with E-state index < -0.39 is 11.9 Å². The lowest BCUT2D eigenvalue weighted by molar-refractivity contribution is -0.144. The summed E-state index contributed by atoms with van der Waals surface area (Å²) < 4.78 is 0. The number of hydrogen-bond donors (Lipinski definition) is 1. The number of piperidine rings is 1. The minimum atomic E-state index is -0.892. The second-order valence-electron chi connectivity index (χ2n) is 7.56. The predicted molar refractivity (Wildman–Crippen MR) is 102 cm³/mol. The Labute approximate surface area is 164 Å². The average Bonchev–Trinajstić information content (AvgIpc) is 3.50. The Balaban J connectivity index is 1.67. The minimum absolute atomic E-state index is 0.0146. The molecule has 6 nitrogen and oxygen atoms in total. The molecule has 1 saturated carbocycles. The SMILES string of the molecule is CC(CN(C(=O)C1CCCN(C(=O)c2ccc(Cl)cc2)C1)C1CC1)C(=O)O. The van der Waals surface area contributed by atoms with E-state index in [0.29, 0.717) is 23.7 Å². The van der Waals surface area contributed by atoms with E-state index in [1.165, 1.54) is 0 Å². The monoisotopic (exact) mass is 392 g/mol. The van der Waals surface area contributed by atoms with Crippen LogP contribution in [0, 0.1) is 11.8 Å². The van der Waals surface area contributed by atoms with Crippen LogP contribution in [0.15, 0.2) is 24.3 Å². The second-order valence-corrected chi connectivity index (χ2v) is 7.99. The summed E-state index contributed by atoms with van der Waals surface area (Å²) in [5.41, 5.74) is 0.561. The van der Waals surface area contributed by atoms with E-state index in [4.69, 9.17) is 11.6 Å². The van der Waals surface area contributed by atoms with Crippen molar-refractivity contribution in [2.45, 2.75) is 38.6 Å². The fraction of sp³-hybridized carbons (Fsp3) is 0.550. The van der Waals surface area contributed by atoms with Crippen molar-refractivity contribution in [3.63, 3.8) is 0 Å². The van der Waals surface area contributed by atoms with Gasteiger partial charge in [0.05, 0.1) is 11.8 Å². The molecule has 2 unspecified atom stereocenters. The molecule has 2 fully saturated rings. The highest BCUT2D eigenvalue weighted by Gasteiger charge is 2.39. The standard InChI is InChI=1S/C20H25ClN2O4/c1-13(20(26)27)11-23(17-8-9-17)19(25)15-3-2-10-22(12-15)18(24)14-4-6-16(21)7-5-14/h4-7,13,15,17H,2-3,8-12H2,1H3,(H,26,27). The number of carbonyl (C=O) groups excluding carboxylic acids is 2. The van der Waals surface area contributed by atoms with Gasteiger partial charge >= 0.3 is 5.97 Å². The second kappa shape index (κ2) is 8.30. The molecule has 2 amide bonds. The molecule has 1 N–H and O–H groups in total. The van der Waals surface area contributed by atoms with Crippen LogP contribution in [0.1, 0.15) is 43.0 Å². The summed E-state index contributed by atoms with van der Waals surface area (Å²) in [6.45, 7) is 2.87. The summed E-state index contributed by atoms with van der Waals surface area (Å²) in [7, 11) is 0. The maximum absolute atomic E-state index is 13.1. The number of carboxylic acids is 1. The first-order valence-corrected chi connectivity index (χ1v) is 9.82. The minimum Gasteiger partial charge on any atom is -0.481 e. The molecule has 7 heteroatoms. The molecule has 0 spiro atoms. The molecule has 27 heavy (non-hydrogen) atoms. The Morgan fingerprint density at radius 2 is 1.89 bits per heavy atom. The number of carboxylic acid groups (broad SMARTS) is 1. The van der Waals surface area contributed by atoms with Gasteiger partial charge in [-0.05, 0) is 49.9 Å². The highest BCUT2D eigenvalue weighted by molar-refractivity contribution is 6.30.